The van der Waals surface area contributed by atoms with Gasteiger partial charge in [0, 0.05) is 10.8 Å². The Morgan fingerprint density at radius 1 is 0.333 bits per heavy atom. The third-order valence-electron chi connectivity index (χ3n) is 9.64. The lowest BCUT2D eigenvalue weighted by molar-refractivity contribution is 0.669. The van der Waals surface area contributed by atoms with Crippen LogP contribution in [-0.4, -0.2) is 0 Å². The molecule has 51 heavy (non-hydrogen) atoms. The largest absolute Gasteiger partial charge is 0.456 e. The van der Waals surface area contributed by atoms with Gasteiger partial charge in [0.1, 0.15) is 11.2 Å². The number of hydrogen-bond donors (Lipinski definition) is 0. The van der Waals surface area contributed by atoms with E-state index in [1.807, 2.05) is 127 Å². The van der Waals surface area contributed by atoms with Crippen molar-refractivity contribution in [2.45, 2.75) is 0 Å². The van der Waals surface area contributed by atoms with Gasteiger partial charge < -0.3 is 4.42 Å². The van der Waals surface area contributed by atoms with Crippen molar-refractivity contribution in [3.8, 4) is 55.6 Å². The molecule has 0 amide bonds. The molecule has 0 aliphatic rings. The molecule has 10 aromatic rings. The quantitative estimate of drug-likeness (QED) is 0.168. The van der Waals surface area contributed by atoms with Crippen LogP contribution < -0.4 is 0 Å². The first-order chi connectivity index (χ1) is 29.0. The predicted molar refractivity (Wildman–Crippen MR) is 216 cm³/mol. The molecule has 0 unspecified atom stereocenters. The van der Waals surface area contributed by atoms with E-state index in [-0.39, 0.29) is 52.9 Å². The molecule has 0 aliphatic carbocycles. The van der Waals surface area contributed by atoms with Crippen molar-refractivity contribution in [2.24, 2.45) is 0 Å². The molecule has 0 saturated carbocycles. The molecular formula is C50H32O. The lowest BCUT2D eigenvalue weighted by atomic mass is 9.84. The van der Waals surface area contributed by atoms with Crippen molar-refractivity contribution < 1.29 is 16.8 Å². The maximum absolute atomic E-state index is 9.47. The standard InChI is InChI=1S/C50H32O/c1-3-12-33(13-4-1)35-22-24-36(25-23-35)37-26-28-38(29-27-37)48-40-16-7-9-18-42(40)49(43-19-10-8-17-41(43)48)45-20-11-21-46-50(45)44-31-30-39(32-47(44)51-46)34-14-5-2-6-15-34/h1-32H/i2D,5D,6D,14D,15D,26D,27D,28D,29D. The molecule has 1 heteroatoms. The van der Waals surface area contributed by atoms with Gasteiger partial charge >= 0.3 is 0 Å². The summed E-state index contributed by atoms with van der Waals surface area (Å²) >= 11 is 0. The van der Waals surface area contributed by atoms with Crippen LogP contribution in [0.1, 0.15) is 12.3 Å². The predicted octanol–water partition coefficient (Wildman–Crippen LogP) is 14.2. The lowest BCUT2D eigenvalue weighted by Crippen LogP contribution is -1.91. The zero-order valence-corrected chi connectivity index (χ0v) is 27.2. The molecule has 10 rings (SSSR count). The average Bonchev–Trinajstić information content (AvgIpc) is 3.66. The minimum absolute atomic E-state index is 0.0966. The summed E-state index contributed by atoms with van der Waals surface area (Å²) in [5, 5.41) is 4.83. The fraction of sp³-hybridized carbons (Fsp3) is 0. The van der Waals surface area contributed by atoms with Gasteiger partial charge in [-0.15, -0.1) is 0 Å². The van der Waals surface area contributed by atoms with Crippen LogP contribution in [0.3, 0.4) is 0 Å². The van der Waals surface area contributed by atoms with E-state index in [2.05, 4.69) is 0 Å². The normalized spacial score (nSPS) is 14.0. The Morgan fingerprint density at radius 2 is 0.863 bits per heavy atom. The van der Waals surface area contributed by atoms with Gasteiger partial charge in [-0.05, 0) is 95.4 Å². The van der Waals surface area contributed by atoms with Crippen LogP contribution in [0.2, 0.25) is 0 Å². The summed E-state index contributed by atoms with van der Waals surface area (Å²) < 4.78 is 85.5. The van der Waals surface area contributed by atoms with Crippen molar-refractivity contribution in [1.29, 1.82) is 0 Å². The summed E-state index contributed by atoms with van der Waals surface area (Å²) in [4.78, 5) is 0. The zero-order chi connectivity index (χ0) is 41.6. The van der Waals surface area contributed by atoms with Gasteiger partial charge in [0.15, 0.2) is 0 Å². The average molecular weight is 658 g/mol. The highest BCUT2D eigenvalue weighted by Crippen LogP contribution is 2.47. The van der Waals surface area contributed by atoms with Gasteiger partial charge in [-0.25, -0.2) is 0 Å². The fourth-order valence-electron chi connectivity index (χ4n) is 7.31. The van der Waals surface area contributed by atoms with Gasteiger partial charge in [0.2, 0.25) is 0 Å². The van der Waals surface area contributed by atoms with Crippen LogP contribution in [0.25, 0.3) is 99.1 Å². The molecule has 0 bridgehead atoms. The van der Waals surface area contributed by atoms with Gasteiger partial charge in [-0.2, -0.15) is 0 Å². The summed E-state index contributed by atoms with van der Waals surface area (Å²) in [5.41, 5.74) is 7.11. The van der Waals surface area contributed by atoms with Gasteiger partial charge in [-0.3, -0.25) is 0 Å². The van der Waals surface area contributed by atoms with Crippen molar-refractivity contribution in [1.82, 2.24) is 0 Å². The molecule has 238 valence electrons. The second-order valence-electron chi connectivity index (χ2n) is 12.5. The van der Waals surface area contributed by atoms with Crippen LogP contribution >= 0.6 is 0 Å². The first kappa shape index (κ1) is 21.4. The van der Waals surface area contributed by atoms with E-state index in [1.165, 1.54) is 0 Å². The third-order valence-corrected chi connectivity index (χ3v) is 9.64. The number of benzene rings is 9. The highest BCUT2D eigenvalue weighted by Gasteiger charge is 2.20. The van der Waals surface area contributed by atoms with E-state index in [9.17, 15) is 5.48 Å². The van der Waals surface area contributed by atoms with Crippen LogP contribution in [-0.2, 0) is 0 Å². The summed E-state index contributed by atoms with van der Waals surface area (Å²) in [7, 11) is 0. The Balaban J connectivity index is 1.18. The molecule has 0 radical (unpaired) electrons. The number of fused-ring (bicyclic) bond motifs is 5. The summed E-state index contributed by atoms with van der Waals surface area (Å²) in [6, 6.07) is 42.0. The van der Waals surface area contributed by atoms with Crippen molar-refractivity contribution >= 4 is 43.5 Å². The molecule has 0 fully saturated rings. The Labute approximate surface area is 309 Å². The van der Waals surface area contributed by atoms with Crippen molar-refractivity contribution in [2.75, 3.05) is 0 Å². The molecule has 9 aromatic carbocycles. The molecule has 1 aromatic heterocycles. The number of furan rings is 1. The highest BCUT2D eigenvalue weighted by atomic mass is 16.3. The molecular weight excluding hydrogens is 617 g/mol. The van der Waals surface area contributed by atoms with E-state index in [1.54, 1.807) is 12.1 Å². The highest BCUT2D eigenvalue weighted by molar-refractivity contribution is 6.25. The SMILES string of the molecule is [2H]c1c([2H])c([2H])c(-c2ccc3c(c2)oc2cccc(-c4c5ccccc5c(-c5c([2H])c([2H])c(-c6ccc(-c7ccccc7)cc6)c([2H])c5[2H])c5ccccc45)c23)c([2H])c1[2H]. The van der Waals surface area contributed by atoms with Crippen LogP contribution in [0.5, 0.6) is 0 Å². The van der Waals surface area contributed by atoms with Gasteiger partial charge in [0.05, 0.1) is 12.3 Å². The maximum atomic E-state index is 9.47. The van der Waals surface area contributed by atoms with E-state index in [0.717, 1.165) is 54.6 Å². The molecule has 0 spiro atoms. The first-order valence-electron chi connectivity index (χ1n) is 21.3. The van der Waals surface area contributed by atoms with Crippen LogP contribution in [0.15, 0.2) is 198 Å². The summed E-state index contributed by atoms with van der Waals surface area (Å²) in [6.07, 6.45) is 0. The maximum Gasteiger partial charge on any atom is 0.136 e. The minimum Gasteiger partial charge on any atom is -0.456 e. The minimum atomic E-state index is -0.450. The third kappa shape index (κ3) is 4.94. The molecule has 0 atom stereocenters. The van der Waals surface area contributed by atoms with E-state index in [0.29, 0.717) is 27.9 Å². The van der Waals surface area contributed by atoms with Gasteiger partial charge in [0.25, 0.3) is 0 Å². The Morgan fingerprint density at radius 3 is 1.53 bits per heavy atom. The van der Waals surface area contributed by atoms with E-state index >= 15 is 0 Å². The van der Waals surface area contributed by atoms with Crippen LogP contribution in [0, 0.1) is 0 Å². The molecule has 1 heterocycles. The number of rotatable bonds is 5. The first-order valence-corrected chi connectivity index (χ1v) is 16.8. The Kier molecular flexibility index (Phi) is 5.04. The molecule has 0 saturated heterocycles. The Hall–Kier alpha value is -6.70. The van der Waals surface area contributed by atoms with Gasteiger partial charge in [-0.1, -0.05) is 176 Å². The zero-order valence-electron chi connectivity index (χ0n) is 36.2. The lowest BCUT2D eigenvalue weighted by Gasteiger charge is -2.18. The van der Waals surface area contributed by atoms with E-state index < -0.39 is 18.1 Å². The fourth-order valence-corrected chi connectivity index (χ4v) is 7.31. The molecule has 1 nitrogen and oxygen atoms in total. The summed E-state index contributed by atoms with van der Waals surface area (Å²) in [6.45, 7) is 0. The van der Waals surface area contributed by atoms with Crippen LogP contribution in [0.4, 0.5) is 0 Å². The van der Waals surface area contributed by atoms with E-state index in [4.69, 9.17) is 11.3 Å². The van der Waals surface area contributed by atoms with Crippen molar-refractivity contribution in [3.05, 3.63) is 194 Å². The molecule has 0 N–H and O–H groups in total. The number of hydrogen-bond acceptors (Lipinski definition) is 1. The molecule has 0 aliphatic heterocycles. The second-order valence-corrected chi connectivity index (χ2v) is 12.5. The Bertz CT molecular complexity index is 3290. The summed E-state index contributed by atoms with van der Waals surface area (Å²) in [5.74, 6) is 0. The van der Waals surface area contributed by atoms with Crippen molar-refractivity contribution in [3.63, 3.8) is 0 Å². The monoisotopic (exact) mass is 657 g/mol. The smallest absolute Gasteiger partial charge is 0.136 e. The second kappa shape index (κ2) is 12.0. The topological polar surface area (TPSA) is 13.1 Å².